The van der Waals surface area contributed by atoms with E-state index >= 15 is 0 Å². The average Bonchev–Trinajstić information content (AvgIpc) is 3.77. The largest absolute Gasteiger partial charge is 0.564 e. The van der Waals surface area contributed by atoms with Gasteiger partial charge in [-0.3, -0.25) is 4.90 Å². The summed E-state index contributed by atoms with van der Waals surface area (Å²) in [5.41, 5.74) is 4.17. The van der Waals surface area contributed by atoms with Crippen molar-refractivity contribution in [3.8, 4) is 17.2 Å². The molecule has 3 heterocycles. The molecule has 0 spiro atoms. The molecule has 0 bridgehead atoms. The SMILES string of the molecule is O=P(/N=C1/Cc2ccc(O)cc2C(c2ccc(CN3CCCC3)cc2)N1Cc1sc2ccccc2c1Cl)(Oc1ccccc1)Oc1ccccc1. The number of nitrogens with zero attached hydrogens (tertiary/aromatic N) is 3. The summed E-state index contributed by atoms with van der Waals surface area (Å²) in [6.45, 7) is 3.53. The molecular formula is C41H37ClN3O4PS. The van der Waals surface area contributed by atoms with Gasteiger partial charge in [-0.15, -0.1) is 16.1 Å². The molecule has 1 atom stereocenters. The molecular weight excluding hydrogens is 697 g/mol. The van der Waals surface area contributed by atoms with Crippen LogP contribution in [-0.4, -0.2) is 33.8 Å². The van der Waals surface area contributed by atoms with Gasteiger partial charge in [0.1, 0.15) is 23.1 Å². The van der Waals surface area contributed by atoms with Gasteiger partial charge >= 0.3 is 7.75 Å². The fourth-order valence-corrected chi connectivity index (χ4v) is 9.83. The number of hydrogen-bond donors (Lipinski definition) is 1. The number of rotatable bonds is 10. The first kappa shape index (κ1) is 33.5. The lowest BCUT2D eigenvalue weighted by Crippen LogP contribution is -2.40. The quantitative estimate of drug-likeness (QED) is 0.141. The Balaban J connectivity index is 1.27. The van der Waals surface area contributed by atoms with E-state index in [1.165, 1.54) is 18.4 Å². The Morgan fingerprint density at radius 1 is 0.804 bits per heavy atom. The second kappa shape index (κ2) is 14.6. The highest BCUT2D eigenvalue weighted by Gasteiger charge is 2.38. The van der Waals surface area contributed by atoms with Crippen LogP contribution < -0.4 is 9.05 Å². The van der Waals surface area contributed by atoms with Crippen LogP contribution in [0.5, 0.6) is 17.2 Å². The first-order valence-electron chi connectivity index (χ1n) is 17.1. The van der Waals surface area contributed by atoms with E-state index < -0.39 is 7.75 Å². The van der Waals surface area contributed by atoms with E-state index in [-0.39, 0.29) is 11.8 Å². The van der Waals surface area contributed by atoms with Crippen molar-refractivity contribution in [2.75, 3.05) is 13.1 Å². The summed E-state index contributed by atoms with van der Waals surface area (Å²) < 4.78 is 33.3. The third-order valence-corrected chi connectivity index (χ3v) is 12.5. The van der Waals surface area contributed by atoms with Crippen LogP contribution >= 0.6 is 30.7 Å². The molecule has 6 aromatic rings. The van der Waals surface area contributed by atoms with Gasteiger partial charge in [-0.25, -0.2) is 4.57 Å². The Morgan fingerprint density at radius 3 is 2.12 bits per heavy atom. The summed E-state index contributed by atoms with van der Waals surface area (Å²) in [4.78, 5) is 5.58. The number of thiophene rings is 1. The zero-order valence-corrected chi connectivity index (χ0v) is 30.4. The predicted molar refractivity (Wildman–Crippen MR) is 206 cm³/mol. The van der Waals surface area contributed by atoms with E-state index in [1.807, 2.05) is 66.7 Å². The van der Waals surface area contributed by atoms with Crippen molar-refractivity contribution in [2.24, 2.45) is 4.76 Å². The van der Waals surface area contributed by atoms with Gasteiger partial charge in [-0.2, -0.15) is 0 Å². The number of fused-ring (bicyclic) bond motifs is 2. The van der Waals surface area contributed by atoms with Crippen molar-refractivity contribution in [3.05, 3.63) is 160 Å². The number of halogens is 1. The third kappa shape index (κ3) is 7.42. The lowest BCUT2D eigenvalue weighted by Gasteiger charge is -2.40. The maximum Gasteiger partial charge on any atom is 0.564 e. The van der Waals surface area contributed by atoms with E-state index in [9.17, 15) is 9.67 Å². The van der Waals surface area contributed by atoms with Crippen LogP contribution in [0.1, 0.15) is 46.0 Å². The lowest BCUT2D eigenvalue weighted by molar-refractivity contribution is 0.328. The lowest BCUT2D eigenvalue weighted by atomic mass is 9.87. The van der Waals surface area contributed by atoms with E-state index in [4.69, 9.17) is 25.4 Å². The molecule has 0 radical (unpaired) electrons. The predicted octanol–water partition coefficient (Wildman–Crippen LogP) is 10.7. The zero-order chi connectivity index (χ0) is 34.8. The second-order valence-electron chi connectivity index (χ2n) is 12.9. The summed E-state index contributed by atoms with van der Waals surface area (Å²) in [6, 6.07) is 39.8. The monoisotopic (exact) mass is 733 g/mol. The Morgan fingerprint density at radius 2 is 1.45 bits per heavy atom. The highest BCUT2D eigenvalue weighted by atomic mass is 35.5. The summed E-state index contributed by atoms with van der Waals surface area (Å²) in [5.74, 6) is 1.47. The molecule has 1 saturated heterocycles. The topological polar surface area (TPSA) is 74.6 Å². The Labute approximate surface area is 307 Å². The van der Waals surface area contributed by atoms with Crippen LogP contribution in [0.25, 0.3) is 10.1 Å². The van der Waals surface area contributed by atoms with Gasteiger partial charge in [0.2, 0.25) is 0 Å². The van der Waals surface area contributed by atoms with E-state index in [1.54, 1.807) is 41.7 Å². The highest BCUT2D eigenvalue weighted by Crippen LogP contribution is 2.52. The Kier molecular flexibility index (Phi) is 9.58. The average molecular weight is 734 g/mol. The number of phenolic OH excluding ortho intramolecular Hbond substituents is 1. The van der Waals surface area contributed by atoms with Crippen molar-refractivity contribution in [3.63, 3.8) is 0 Å². The summed E-state index contributed by atoms with van der Waals surface area (Å²) >= 11 is 8.72. The second-order valence-corrected chi connectivity index (χ2v) is 16.0. The number of para-hydroxylation sites is 2. The molecule has 5 aromatic carbocycles. The van der Waals surface area contributed by atoms with Crippen molar-refractivity contribution in [2.45, 2.75) is 38.4 Å². The van der Waals surface area contributed by atoms with Gasteiger partial charge in [-0.05, 0) is 90.6 Å². The molecule has 51 heavy (non-hydrogen) atoms. The van der Waals surface area contributed by atoms with Crippen molar-refractivity contribution < 1.29 is 18.7 Å². The van der Waals surface area contributed by atoms with Crippen LogP contribution in [-0.2, 0) is 24.1 Å². The molecule has 2 aliphatic heterocycles. The summed E-state index contributed by atoms with van der Waals surface area (Å²) in [7, 11) is -4.22. The molecule has 7 nitrogen and oxygen atoms in total. The smallest absolute Gasteiger partial charge is 0.508 e. The zero-order valence-electron chi connectivity index (χ0n) is 27.9. The highest BCUT2D eigenvalue weighted by molar-refractivity contribution is 7.53. The maximum absolute atomic E-state index is 14.9. The molecule has 1 unspecified atom stereocenters. The van der Waals surface area contributed by atoms with Crippen molar-refractivity contribution >= 4 is 46.6 Å². The van der Waals surface area contributed by atoms with Gasteiger partial charge in [0, 0.05) is 27.9 Å². The maximum atomic E-state index is 14.9. The van der Waals surface area contributed by atoms with Crippen molar-refractivity contribution in [1.82, 2.24) is 9.80 Å². The minimum atomic E-state index is -4.22. The first-order chi connectivity index (χ1) is 24.9. The molecule has 8 rings (SSSR count). The van der Waals surface area contributed by atoms with Crippen LogP contribution in [0.2, 0.25) is 5.02 Å². The van der Waals surface area contributed by atoms with E-state index in [0.717, 1.165) is 51.3 Å². The molecule has 1 fully saturated rings. The molecule has 1 aromatic heterocycles. The number of benzene rings is 5. The minimum absolute atomic E-state index is 0.176. The van der Waals surface area contributed by atoms with Gasteiger partial charge < -0.3 is 19.1 Å². The van der Waals surface area contributed by atoms with Crippen LogP contribution in [0.4, 0.5) is 0 Å². The van der Waals surface area contributed by atoms with Gasteiger partial charge in [-0.1, -0.05) is 96.5 Å². The third-order valence-electron chi connectivity index (χ3n) is 9.40. The fourth-order valence-electron chi connectivity index (χ4n) is 6.98. The van der Waals surface area contributed by atoms with E-state index in [0.29, 0.717) is 35.3 Å². The van der Waals surface area contributed by atoms with Crippen molar-refractivity contribution in [1.29, 1.82) is 0 Å². The molecule has 0 saturated carbocycles. The van der Waals surface area contributed by atoms with Crippen LogP contribution in [0.15, 0.2) is 132 Å². The molecule has 0 aliphatic carbocycles. The normalized spacial score (nSPS) is 17.2. The number of aromatic hydroxyl groups is 1. The first-order valence-corrected chi connectivity index (χ1v) is 19.8. The molecule has 258 valence electrons. The standard InChI is InChI=1S/C41H37ClN3O4PS/c42-40-35-15-7-8-16-37(35)51-38(40)28-45-39(43-50(47,48-33-11-3-1-4-12-33)49-34-13-5-2-6-14-34)25-31-21-22-32(46)26-36(31)41(45)30-19-17-29(18-20-30)27-44-23-9-10-24-44/h1-8,11-22,26,41,46H,9-10,23-25,27-28H2/b43-39-. The summed E-state index contributed by atoms with van der Waals surface area (Å²) in [6.07, 6.45) is 2.81. The molecule has 0 amide bonds. The number of likely N-dealkylation sites (tertiary alicyclic amines) is 1. The number of hydrogen-bond acceptors (Lipinski definition) is 6. The molecule has 1 N–H and O–H groups in total. The van der Waals surface area contributed by atoms with Gasteiger partial charge in [0.15, 0.2) is 0 Å². The number of phenols is 1. The Bertz CT molecular complexity index is 2180. The van der Waals surface area contributed by atoms with Gasteiger partial charge in [0.05, 0.1) is 17.6 Å². The van der Waals surface area contributed by atoms with Crippen LogP contribution in [0.3, 0.4) is 0 Å². The molecule has 10 heteroatoms. The van der Waals surface area contributed by atoms with Crippen LogP contribution in [0, 0.1) is 0 Å². The fraction of sp³-hybridized carbons (Fsp3) is 0.195. The Hall–Kier alpha value is -4.59. The number of amidine groups is 1. The van der Waals surface area contributed by atoms with E-state index in [2.05, 4.69) is 40.1 Å². The van der Waals surface area contributed by atoms with Gasteiger partial charge in [0.25, 0.3) is 0 Å². The minimum Gasteiger partial charge on any atom is -0.508 e. The summed E-state index contributed by atoms with van der Waals surface area (Å²) in [5, 5.41) is 12.5. The molecule has 2 aliphatic rings.